The summed E-state index contributed by atoms with van der Waals surface area (Å²) in [5.41, 5.74) is 1.73. The zero-order valence-electron chi connectivity index (χ0n) is 12.0. The first-order chi connectivity index (χ1) is 10.0. The van der Waals surface area contributed by atoms with Crippen LogP contribution < -0.4 is 5.56 Å². The monoisotopic (exact) mass is 321 g/mol. The molecule has 0 saturated heterocycles. The zero-order chi connectivity index (χ0) is 15.0. The van der Waals surface area contributed by atoms with Gasteiger partial charge in [-0.05, 0) is 32.4 Å². The highest BCUT2D eigenvalue weighted by molar-refractivity contribution is 7.16. The molecule has 0 atom stereocenters. The van der Waals surface area contributed by atoms with Gasteiger partial charge in [0, 0.05) is 30.2 Å². The number of fused-ring (bicyclic) bond motifs is 1. The quantitative estimate of drug-likeness (QED) is 0.734. The van der Waals surface area contributed by atoms with Crippen molar-refractivity contribution in [1.29, 1.82) is 0 Å². The van der Waals surface area contributed by atoms with Gasteiger partial charge in [0.15, 0.2) is 4.96 Å². The summed E-state index contributed by atoms with van der Waals surface area (Å²) >= 11 is 2.94. The number of hydrogen-bond donors (Lipinski definition) is 0. The molecule has 0 fully saturated rings. The van der Waals surface area contributed by atoms with Crippen LogP contribution in [0.4, 0.5) is 0 Å². The minimum atomic E-state index is -0.0246. The molecule has 0 spiro atoms. The summed E-state index contributed by atoms with van der Waals surface area (Å²) in [5.74, 6) is 0. The Morgan fingerprint density at radius 3 is 2.86 bits per heavy atom. The van der Waals surface area contributed by atoms with Gasteiger partial charge < -0.3 is 0 Å². The lowest BCUT2D eigenvalue weighted by molar-refractivity contribution is 0.317. The molecule has 3 aromatic rings. The highest BCUT2D eigenvalue weighted by Gasteiger charge is 2.10. The largest absolute Gasteiger partial charge is 0.295 e. The molecule has 0 aromatic carbocycles. The van der Waals surface area contributed by atoms with Gasteiger partial charge >= 0.3 is 0 Å². The third-order valence-electron chi connectivity index (χ3n) is 3.13. The first-order valence-corrected chi connectivity index (χ1v) is 8.07. The normalized spacial score (nSPS) is 11.6. The van der Waals surface area contributed by atoms with Gasteiger partial charge in [-0.15, -0.1) is 16.4 Å². The van der Waals surface area contributed by atoms with Gasteiger partial charge in [-0.2, -0.15) is 0 Å². The van der Waals surface area contributed by atoms with Crippen LogP contribution in [-0.4, -0.2) is 30.9 Å². The number of nitrogens with zero attached hydrogens (tertiary/aromatic N) is 5. The molecule has 0 bridgehead atoms. The molecule has 21 heavy (non-hydrogen) atoms. The predicted molar refractivity (Wildman–Crippen MR) is 83.9 cm³/mol. The fourth-order valence-corrected chi connectivity index (χ4v) is 3.68. The molecule has 110 valence electrons. The summed E-state index contributed by atoms with van der Waals surface area (Å²) < 4.78 is 5.54. The van der Waals surface area contributed by atoms with E-state index in [4.69, 9.17) is 0 Å². The maximum atomic E-state index is 12.1. The second-order valence-corrected chi connectivity index (χ2v) is 7.09. The second-order valence-electron chi connectivity index (χ2n) is 5.03. The number of aromatic nitrogens is 4. The third kappa shape index (κ3) is 3.02. The van der Waals surface area contributed by atoms with Gasteiger partial charge in [-0.3, -0.25) is 14.1 Å². The van der Waals surface area contributed by atoms with Gasteiger partial charge in [0.05, 0.1) is 16.3 Å². The van der Waals surface area contributed by atoms with Crippen LogP contribution in [0, 0.1) is 13.8 Å². The van der Waals surface area contributed by atoms with Gasteiger partial charge in [-0.25, -0.2) is 4.98 Å². The SMILES string of the molecule is Cc1cn2c(=O)cc(CN(C)Cc3snnc3C)nc2s1. The van der Waals surface area contributed by atoms with Crippen LogP contribution >= 0.6 is 22.9 Å². The van der Waals surface area contributed by atoms with Crippen LogP contribution in [-0.2, 0) is 13.1 Å². The molecule has 0 aliphatic rings. The maximum Gasteiger partial charge on any atom is 0.258 e. The minimum absolute atomic E-state index is 0.0246. The van der Waals surface area contributed by atoms with Crippen LogP contribution in [0.2, 0.25) is 0 Å². The molecule has 0 amide bonds. The average molecular weight is 321 g/mol. The molecule has 0 unspecified atom stereocenters. The summed E-state index contributed by atoms with van der Waals surface area (Å²) in [5, 5.41) is 4.01. The van der Waals surface area contributed by atoms with Gasteiger partial charge in [0.25, 0.3) is 5.56 Å². The lowest BCUT2D eigenvalue weighted by Crippen LogP contribution is -2.21. The average Bonchev–Trinajstić information content (AvgIpc) is 2.96. The Bertz CT molecular complexity index is 835. The fraction of sp³-hybridized carbons (Fsp3) is 0.385. The molecule has 0 N–H and O–H groups in total. The summed E-state index contributed by atoms with van der Waals surface area (Å²) in [7, 11) is 2.00. The van der Waals surface area contributed by atoms with Crippen molar-refractivity contribution >= 4 is 27.8 Å². The summed E-state index contributed by atoms with van der Waals surface area (Å²) in [6.45, 7) is 5.32. The van der Waals surface area contributed by atoms with E-state index in [2.05, 4.69) is 19.5 Å². The van der Waals surface area contributed by atoms with Crippen LogP contribution in [0.3, 0.4) is 0 Å². The molecule has 0 radical (unpaired) electrons. The third-order valence-corrected chi connectivity index (χ3v) is 4.83. The number of hydrogen-bond acceptors (Lipinski definition) is 7. The smallest absolute Gasteiger partial charge is 0.258 e. The Morgan fingerprint density at radius 1 is 1.33 bits per heavy atom. The molecule has 8 heteroatoms. The predicted octanol–water partition coefficient (Wildman–Crippen LogP) is 1.86. The second kappa shape index (κ2) is 5.63. The number of thiazole rings is 1. The Hall–Kier alpha value is -1.64. The summed E-state index contributed by atoms with van der Waals surface area (Å²) in [6, 6.07) is 1.60. The molecular weight excluding hydrogens is 306 g/mol. The first-order valence-electron chi connectivity index (χ1n) is 6.48. The van der Waals surface area contributed by atoms with Crippen molar-refractivity contribution in [3.8, 4) is 0 Å². The molecule has 3 heterocycles. The van der Waals surface area contributed by atoms with Gasteiger partial charge in [0.2, 0.25) is 0 Å². The Morgan fingerprint density at radius 2 is 2.14 bits per heavy atom. The lowest BCUT2D eigenvalue weighted by Gasteiger charge is -2.14. The molecule has 3 rings (SSSR count). The van der Waals surface area contributed by atoms with Crippen molar-refractivity contribution in [2.45, 2.75) is 26.9 Å². The Balaban J connectivity index is 1.81. The fourth-order valence-electron chi connectivity index (χ4n) is 2.11. The van der Waals surface area contributed by atoms with E-state index in [-0.39, 0.29) is 5.56 Å². The molecule has 6 nitrogen and oxygen atoms in total. The Kier molecular flexibility index (Phi) is 3.83. The van der Waals surface area contributed by atoms with Gasteiger partial charge in [-0.1, -0.05) is 4.49 Å². The number of aryl methyl sites for hydroxylation is 2. The van der Waals surface area contributed by atoms with Crippen molar-refractivity contribution in [3.05, 3.63) is 43.8 Å². The maximum absolute atomic E-state index is 12.1. The van der Waals surface area contributed by atoms with Crippen molar-refractivity contribution < 1.29 is 0 Å². The van der Waals surface area contributed by atoms with E-state index in [9.17, 15) is 4.79 Å². The topological polar surface area (TPSA) is 63.4 Å². The van der Waals surface area contributed by atoms with E-state index in [1.165, 1.54) is 22.9 Å². The molecule has 3 aromatic heterocycles. The highest BCUT2D eigenvalue weighted by Crippen LogP contribution is 2.15. The van der Waals surface area contributed by atoms with E-state index in [1.807, 2.05) is 27.1 Å². The summed E-state index contributed by atoms with van der Waals surface area (Å²) in [4.78, 5) is 21.7. The first kappa shape index (κ1) is 14.3. The molecule has 0 aliphatic carbocycles. The van der Waals surface area contributed by atoms with Crippen molar-refractivity contribution in [1.82, 2.24) is 23.9 Å². The Labute approximate surface area is 129 Å². The van der Waals surface area contributed by atoms with Crippen molar-refractivity contribution in [2.24, 2.45) is 0 Å². The highest BCUT2D eigenvalue weighted by atomic mass is 32.1. The lowest BCUT2D eigenvalue weighted by atomic mass is 10.3. The van der Waals surface area contributed by atoms with E-state index in [0.29, 0.717) is 6.54 Å². The van der Waals surface area contributed by atoms with E-state index in [1.54, 1.807) is 10.5 Å². The van der Waals surface area contributed by atoms with Crippen molar-refractivity contribution in [2.75, 3.05) is 7.05 Å². The molecule has 0 saturated carbocycles. The molecular formula is C13H15N5OS2. The van der Waals surface area contributed by atoms with Crippen LogP contribution in [0.1, 0.15) is 21.1 Å². The number of rotatable bonds is 4. The van der Waals surface area contributed by atoms with E-state index >= 15 is 0 Å². The van der Waals surface area contributed by atoms with E-state index in [0.717, 1.165) is 32.6 Å². The standard InChI is InChI=1S/C13H15N5OS2/c1-8-5-18-12(19)4-10(14-13(18)20-8)6-17(3)7-11-9(2)15-16-21-11/h4-5H,6-7H2,1-3H3. The molecule has 0 aliphatic heterocycles. The summed E-state index contributed by atoms with van der Waals surface area (Å²) in [6.07, 6.45) is 1.83. The van der Waals surface area contributed by atoms with Gasteiger partial charge in [0.1, 0.15) is 0 Å². The van der Waals surface area contributed by atoms with E-state index < -0.39 is 0 Å². The minimum Gasteiger partial charge on any atom is -0.295 e. The zero-order valence-corrected chi connectivity index (χ0v) is 13.7. The van der Waals surface area contributed by atoms with Crippen LogP contribution in [0.15, 0.2) is 17.1 Å². The van der Waals surface area contributed by atoms with Crippen LogP contribution in [0.25, 0.3) is 4.96 Å². The van der Waals surface area contributed by atoms with Crippen LogP contribution in [0.5, 0.6) is 0 Å². The van der Waals surface area contributed by atoms with Crippen molar-refractivity contribution in [3.63, 3.8) is 0 Å².